The van der Waals surface area contributed by atoms with Crippen LogP contribution in [0.25, 0.3) is 0 Å². The fourth-order valence-electron chi connectivity index (χ4n) is 2.20. The molecule has 0 aromatic heterocycles. The molecule has 0 bridgehead atoms. The first-order chi connectivity index (χ1) is 8.86. The van der Waals surface area contributed by atoms with Gasteiger partial charge in [-0.25, -0.2) is 4.39 Å². The molecule has 0 aliphatic carbocycles. The third-order valence-electron chi connectivity index (χ3n) is 3.42. The van der Waals surface area contributed by atoms with Crippen LogP contribution in [0.15, 0.2) is 22.7 Å². The summed E-state index contributed by atoms with van der Waals surface area (Å²) in [4.78, 5) is 0. The molecule has 3 heteroatoms. The largest absolute Gasteiger partial charge is 0.313 e. The molecule has 0 radical (unpaired) electrons. The lowest BCUT2D eigenvalue weighted by molar-refractivity contribution is 0.255. The van der Waals surface area contributed by atoms with E-state index in [0.29, 0.717) is 10.5 Å². The van der Waals surface area contributed by atoms with E-state index in [-0.39, 0.29) is 11.2 Å². The predicted octanol–water partition coefficient (Wildman–Crippen LogP) is 4.94. The van der Waals surface area contributed by atoms with Crippen LogP contribution < -0.4 is 5.32 Å². The quantitative estimate of drug-likeness (QED) is 0.779. The summed E-state index contributed by atoms with van der Waals surface area (Å²) in [6.45, 7) is 9.96. The van der Waals surface area contributed by atoms with Crippen LogP contribution in [0.2, 0.25) is 0 Å². The Hall–Kier alpha value is -0.410. The zero-order chi connectivity index (χ0) is 14.5. The van der Waals surface area contributed by atoms with E-state index >= 15 is 0 Å². The van der Waals surface area contributed by atoms with E-state index in [1.807, 2.05) is 6.07 Å². The summed E-state index contributed by atoms with van der Waals surface area (Å²) in [7, 11) is 0. The summed E-state index contributed by atoms with van der Waals surface area (Å²) < 4.78 is 14.1. The average Bonchev–Trinajstić information content (AvgIpc) is 2.32. The first-order valence-corrected chi connectivity index (χ1v) is 7.81. The Morgan fingerprint density at radius 3 is 2.58 bits per heavy atom. The monoisotopic (exact) mass is 329 g/mol. The summed E-state index contributed by atoms with van der Waals surface area (Å²) >= 11 is 3.34. The maximum atomic E-state index is 13.5. The van der Waals surface area contributed by atoms with Crippen molar-refractivity contribution in [1.29, 1.82) is 0 Å². The SMILES string of the molecule is CCCNC(CCc1cccc(F)c1Br)C(C)(C)C. The molecule has 1 nitrogen and oxygen atoms in total. The van der Waals surface area contributed by atoms with Gasteiger partial charge in [0.1, 0.15) is 5.82 Å². The van der Waals surface area contributed by atoms with Crippen molar-refractivity contribution in [3.05, 3.63) is 34.1 Å². The maximum Gasteiger partial charge on any atom is 0.137 e. The highest BCUT2D eigenvalue weighted by Crippen LogP contribution is 2.26. The molecule has 1 atom stereocenters. The van der Waals surface area contributed by atoms with Gasteiger partial charge in [0.25, 0.3) is 0 Å². The zero-order valence-corrected chi connectivity index (χ0v) is 14.0. The van der Waals surface area contributed by atoms with E-state index < -0.39 is 0 Å². The van der Waals surface area contributed by atoms with E-state index in [1.54, 1.807) is 6.07 Å². The lowest BCUT2D eigenvalue weighted by Crippen LogP contribution is -2.41. The number of rotatable bonds is 6. The Labute approximate surface area is 125 Å². The van der Waals surface area contributed by atoms with Crippen molar-refractivity contribution in [2.45, 2.75) is 53.0 Å². The van der Waals surface area contributed by atoms with Crippen LogP contribution >= 0.6 is 15.9 Å². The first-order valence-electron chi connectivity index (χ1n) is 7.02. The van der Waals surface area contributed by atoms with E-state index in [1.165, 1.54) is 6.07 Å². The van der Waals surface area contributed by atoms with Crippen LogP contribution in [0.3, 0.4) is 0 Å². The summed E-state index contributed by atoms with van der Waals surface area (Å²) in [6, 6.07) is 5.71. The minimum atomic E-state index is -0.175. The molecule has 1 unspecified atom stereocenters. The van der Waals surface area contributed by atoms with Crippen molar-refractivity contribution in [2.24, 2.45) is 5.41 Å². The van der Waals surface area contributed by atoms with Crippen molar-refractivity contribution in [3.63, 3.8) is 0 Å². The van der Waals surface area contributed by atoms with Crippen LogP contribution in [0.1, 0.15) is 46.1 Å². The predicted molar refractivity (Wildman–Crippen MR) is 84.0 cm³/mol. The van der Waals surface area contributed by atoms with Gasteiger partial charge in [-0.3, -0.25) is 0 Å². The molecule has 0 aliphatic heterocycles. The van der Waals surface area contributed by atoms with Crippen molar-refractivity contribution in [3.8, 4) is 0 Å². The molecule has 0 amide bonds. The fourth-order valence-corrected chi connectivity index (χ4v) is 2.66. The van der Waals surface area contributed by atoms with Crippen molar-refractivity contribution >= 4 is 15.9 Å². The Morgan fingerprint density at radius 1 is 1.32 bits per heavy atom. The molecule has 1 aromatic carbocycles. The summed E-state index contributed by atoms with van der Waals surface area (Å²) in [5, 5.41) is 3.60. The van der Waals surface area contributed by atoms with Gasteiger partial charge in [0, 0.05) is 6.04 Å². The van der Waals surface area contributed by atoms with Crippen molar-refractivity contribution in [1.82, 2.24) is 5.32 Å². The molecule has 108 valence electrons. The van der Waals surface area contributed by atoms with E-state index in [2.05, 4.69) is 48.9 Å². The molecule has 0 fully saturated rings. The normalized spacial score (nSPS) is 13.6. The second-order valence-electron chi connectivity index (χ2n) is 6.12. The number of hydrogen-bond donors (Lipinski definition) is 1. The minimum absolute atomic E-state index is 0.175. The van der Waals surface area contributed by atoms with Crippen LogP contribution in [-0.2, 0) is 6.42 Å². The third kappa shape index (κ3) is 5.23. The van der Waals surface area contributed by atoms with Gasteiger partial charge in [0.2, 0.25) is 0 Å². The molecular weight excluding hydrogens is 305 g/mol. The topological polar surface area (TPSA) is 12.0 Å². The van der Waals surface area contributed by atoms with Gasteiger partial charge in [-0.15, -0.1) is 0 Å². The summed E-state index contributed by atoms with van der Waals surface area (Å²) in [5.41, 5.74) is 1.27. The standard InChI is InChI=1S/C16H25BrFN/c1-5-11-19-14(16(2,3)4)10-9-12-7-6-8-13(18)15(12)17/h6-8,14,19H,5,9-11H2,1-4H3. The highest BCUT2D eigenvalue weighted by molar-refractivity contribution is 9.10. The van der Waals surface area contributed by atoms with Crippen LogP contribution in [0.4, 0.5) is 4.39 Å². The number of hydrogen-bond acceptors (Lipinski definition) is 1. The van der Waals surface area contributed by atoms with Gasteiger partial charge in [-0.2, -0.15) is 0 Å². The Bertz CT molecular complexity index is 398. The molecule has 0 saturated heterocycles. The summed E-state index contributed by atoms with van der Waals surface area (Å²) in [5.74, 6) is -0.175. The Balaban J connectivity index is 2.68. The highest BCUT2D eigenvalue weighted by Gasteiger charge is 2.23. The first kappa shape index (κ1) is 16.6. The molecular formula is C16H25BrFN. The van der Waals surface area contributed by atoms with Crippen molar-refractivity contribution < 1.29 is 4.39 Å². The Morgan fingerprint density at radius 2 is 2.00 bits per heavy atom. The van der Waals surface area contributed by atoms with Gasteiger partial charge in [-0.05, 0) is 58.8 Å². The minimum Gasteiger partial charge on any atom is -0.313 e. The summed E-state index contributed by atoms with van der Waals surface area (Å²) in [6.07, 6.45) is 3.04. The van der Waals surface area contributed by atoms with Gasteiger partial charge in [-0.1, -0.05) is 39.8 Å². The molecule has 1 aromatic rings. The van der Waals surface area contributed by atoms with Gasteiger partial charge < -0.3 is 5.32 Å². The average molecular weight is 330 g/mol. The number of aryl methyl sites for hydroxylation is 1. The van der Waals surface area contributed by atoms with Gasteiger partial charge >= 0.3 is 0 Å². The fraction of sp³-hybridized carbons (Fsp3) is 0.625. The number of benzene rings is 1. The van der Waals surface area contributed by atoms with E-state index in [9.17, 15) is 4.39 Å². The third-order valence-corrected chi connectivity index (χ3v) is 4.31. The second-order valence-corrected chi connectivity index (χ2v) is 6.92. The molecule has 1 N–H and O–H groups in total. The molecule has 19 heavy (non-hydrogen) atoms. The van der Waals surface area contributed by atoms with E-state index in [4.69, 9.17) is 0 Å². The van der Waals surface area contributed by atoms with Gasteiger partial charge in [0.15, 0.2) is 0 Å². The highest BCUT2D eigenvalue weighted by atomic mass is 79.9. The zero-order valence-electron chi connectivity index (χ0n) is 12.4. The van der Waals surface area contributed by atoms with Crippen LogP contribution in [-0.4, -0.2) is 12.6 Å². The number of halogens is 2. The van der Waals surface area contributed by atoms with Crippen LogP contribution in [0.5, 0.6) is 0 Å². The molecule has 1 rings (SSSR count). The van der Waals surface area contributed by atoms with Crippen LogP contribution in [0, 0.1) is 11.2 Å². The van der Waals surface area contributed by atoms with Crippen molar-refractivity contribution in [2.75, 3.05) is 6.54 Å². The molecule has 0 heterocycles. The van der Waals surface area contributed by atoms with Gasteiger partial charge in [0.05, 0.1) is 4.47 Å². The number of nitrogens with one attached hydrogen (secondary N) is 1. The van der Waals surface area contributed by atoms with E-state index in [0.717, 1.165) is 31.4 Å². The lowest BCUT2D eigenvalue weighted by Gasteiger charge is -2.32. The second kappa shape index (κ2) is 7.39. The maximum absolute atomic E-state index is 13.5. The molecule has 0 spiro atoms. The lowest BCUT2D eigenvalue weighted by atomic mass is 9.83. The smallest absolute Gasteiger partial charge is 0.137 e. The molecule has 0 aliphatic rings. The Kier molecular flexibility index (Phi) is 6.48. The molecule has 0 saturated carbocycles.